The van der Waals surface area contributed by atoms with Gasteiger partial charge in [0, 0.05) is 19.1 Å². The molecule has 1 aliphatic carbocycles. The predicted octanol–water partition coefficient (Wildman–Crippen LogP) is 1.37. The van der Waals surface area contributed by atoms with Crippen LogP contribution in [0.2, 0.25) is 0 Å². The number of nitrogens with zero attached hydrogens (tertiary/aromatic N) is 1. The van der Waals surface area contributed by atoms with Gasteiger partial charge in [-0.1, -0.05) is 19.3 Å². The molecule has 0 amide bonds. The Bertz CT molecular complexity index is 186. The highest BCUT2D eigenvalue weighted by atomic mass is 16.3. The molecule has 2 aliphatic rings. The molecule has 1 aliphatic heterocycles. The number of hydrogen-bond acceptors (Lipinski definition) is 3. The van der Waals surface area contributed by atoms with E-state index in [-0.39, 0.29) is 6.10 Å². The maximum Gasteiger partial charge on any atom is 0.0791 e. The molecule has 0 aromatic carbocycles. The average molecular weight is 226 g/mol. The number of hydrogen-bond donors (Lipinski definition) is 2. The topological polar surface area (TPSA) is 35.5 Å². The monoisotopic (exact) mass is 226 g/mol. The van der Waals surface area contributed by atoms with Crippen LogP contribution in [0.5, 0.6) is 0 Å². The zero-order chi connectivity index (χ0) is 11.2. The molecule has 94 valence electrons. The SMILES string of the molecule is OC(CNC1CC1)CN1CCCCCCC1. The molecule has 16 heavy (non-hydrogen) atoms. The highest BCUT2D eigenvalue weighted by Gasteiger charge is 2.22. The fourth-order valence-electron chi connectivity index (χ4n) is 2.45. The Morgan fingerprint density at radius 2 is 1.69 bits per heavy atom. The lowest BCUT2D eigenvalue weighted by Crippen LogP contribution is -2.40. The molecule has 2 fully saturated rings. The molecule has 1 saturated carbocycles. The molecule has 1 heterocycles. The van der Waals surface area contributed by atoms with Crippen molar-refractivity contribution in [2.45, 2.75) is 57.1 Å². The largest absolute Gasteiger partial charge is 0.390 e. The first kappa shape index (κ1) is 12.3. The Morgan fingerprint density at radius 1 is 1.06 bits per heavy atom. The van der Waals surface area contributed by atoms with E-state index in [1.54, 1.807) is 0 Å². The summed E-state index contributed by atoms with van der Waals surface area (Å²) in [5.74, 6) is 0. The van der Waals surface area contributed by atoms with Crippen LogP contribution >= 0.6 is 0 Å². The third-order valence-corrected chi connectivity index (χ3v) is 3.64. The third-order valence-electron chi connectivity index (χ3n) is 3.64. The summed E-state index contributed by atoms with van der Waals surface area (Å²) >= 11 is 0. The van der Waals surface area contributed by atoms with Crippen molar-refractivity contribution in [3.05, 3.63) is 0 Å². The van der Waals surface area contributed by atoms with E-state index in [0.29, 0.717) is 6.04 Å². The predicted molar refractivity (Wildman–Crippen MR) is 66.6 cm³/mol. The number of rotatable bonds is 5. The Balaban J connectivity index is 1.60. The molecule has 0 spiro atoms. The molecule has 1 unspecified atom stereocenters. The summed E-state index contributed by atoms with van der Waals surface area (Å²) in [5.41, 5.74) is 0. The van der Waals surface area contributed by atoms with Crippen LogP contribution in [0.3, 0.4) is 0 Å². The average Bonchev–Trinajstić information content (AvgIpc) is 3.02. The van der Waals surface area contributed by atoms with Gasteiger partial charge in [-0.3, -0.25) is 0 Å². The highest BCUT2D eigenvalue weighted by Crippen LogP contribution is 2.18. The van der Waals surface area contributed by atoms with Gasteiger partial charge < -0.3 is 15.3 Å². The first-order chi connectivity index (χ1) is 7.84. The van der Waals surface area contributed by atoms with Crippen LogP contribution in [-0.2, 0) is 0 Å². The van der Waals surface area contributed by atoms with Crippen molar-refractivity contribution in [1.82, 2.24) is 10.2 Å². The second kappa shape index (κ2) is 6.58. The summed E-state index contributed by atoms with van der Waals surface area (Å²) in [4.78, 5) is 2.44. The van der Waals surface area contributed by atoms with Crippen LogP contribution in [0, 0.1) is 0 Å². The standard InChI is InChI=1S/C13H26N2O/c16-13(10-14-12-6-7-12)11-15-8-4-2-1-3-5-9-15/h12-14,16H,1-11H2. The summed E-state index contributed by atoms with van der Waals surface area (Å²) < 4.78 is 0. The van der Waals surface area contributed by atoms with Gasteiger partial charge in [-0.15, -0.1) is 0 Å². The van der Waals surface area contributed by atoms with E-state index in [1.165, 1.54) is 58.0 Å². The van der Waals surface area contributed by atoms with E-state index in [1.807, 2.05) is 0 Å². The molecule has 1 saturated heterocycles. The van der Waals surface area contributed by atoms with Gasteiger partial charge in [0.1, 0.15) is 0 Å². The van der Waals surface area contributed by atoms with E-state index < -0.39 is 0 Å². The maximum absolute atomic E-state index is 9.94. The summed E-state index contributed by atoms with van der Waals surface area (Å²) in [6, 6.07) is 0.710. The quantitative estimate of drug-likeness (QED) is 0.743. The minimum atomic E-state index is -0.181. The molecule has 0 aromatic rings. The summed E-state index contributed by atoms with van der Waals surface area (Å²) in [6.07, 6.45) is 9.18. The fraction of sp³-hybridized carbons (Fsp3) is 1.00. The van der Waals surface area contributed by atoms with Crippen LogP contribution in [0.4, 0.5) is 0 Å². The summed E-state index contributed by atoms with van der Waals surface area (Å²) in [6.45, 7) is 4.00. The maximum atomic E-state index is 9.94. The molecule has 0 aromatic heterocycles. The van der Waals surface area contributed by atoms with Gasteiger partial charge in [-0.25, -0.2) is 0 Å². The zero-order valence-electron chi connectivity index (χ0n) is 10.3. The van der Waals surface area contributed by atoms with Crippen molar-refractivity contribution in [1.29, 1.82) is 0 Å². The van der Waals surface area contributed by atoms with Gasteiger partial charge in [0.2, 0.25) is 0 Å². The normalized spacial score (nSPS) is 26.1. The van der Waals surface area contributed by atoms with Gasteiger partial charge in [0.25, 0.3) is 0 Å². The lowest BCUT2D eigenvalue weighted by molar-refractivity contribution is 0.106. The van der Waals surface area contributed by atoms with Crippen molar-refractivity contribution < 1.29 is 5.11 Å². The van der Waals surface area contributed by atoms with Crippen LogP contribution in [0.25, 0.3) is 0 Å². The molecule has 1 atom stereocenters. The van der Waals surface area contributed by atoms with E-state index in [2.05, 4.69) is 10.2 Å². The lowest BCUT2D eigenvalue weighted by Gasteiger charge is -2.26. The molecule has 2 N–H and O–H groups in total. The van der Waals surface area contributed by atoms with E-state index >= 15 is 0 Å². The molecule has 3 nitrogen and oxygen atoms in total. The van der Waals surface area contributed by atoms with Gasteiger partial charge >= 0.3 is 0 Å². The van der Waals surface area contributed by atoms with E-state index in [0.717, 1.165) is 13.1 Å². The smallest absolute Gasteiger partial charge is 0.0791 e. The first-order valence-corrected chi connectivity index (χ1v) is 6.98. The molecular formula is C13H26N2O. The molecule has 2 rings (SSSR count). The minimum Gasteiger partial charge on any atom is -0.390 e. The van der Waals surface area contributed by atoms with E-state index in [4.69, 9.17) is 0 Å². The Morgan fingerprint density at radius 3 is 2.31 bits per heavy atom. The molecule has 3 heteroatoms. The Kier molecular flexibility index (Phi) is 5.07. The van der Waals surface area contributed by atoms with Crippen molar-refractivity contribution in [2.24, 2.45) is 0 Å². The van der Waals surface area contributed by atoms with Crippen molar-refractivity contribution in [3.63, 3.8) is 0 Å². The lowest BCUT2D eigenvalue weighted by atomic mass is 10.1. The second-order valence-electron chi connectivity index (χ2n) is 5.40. The summed E-state index contributed by atoms with van der Waals surface area (Å²) in [7, 11) is 0. The number of nitrogens with one attached hydrogen (secondary N) is 1. The van der Waals surface area contributed by atoms with Gasteiger partial charge in [0.05, 0.1) is 6.10 Å². The van der Waals surface area contributed by atoms with Crippen molar-refractivity contribution in [2.75, 3.05) is 26.2 Å². The fourth-order valence-corrected chi connectivity index (χ4v) is 2.45. The number of aliphatic hydroxyl groups excluding tert-OH is 1. The van der Waals surface area contributed by atoms with Crippen LogP contribution in [-0.4, -0.2) is 48.3 Å². The van der Waals surface area contributed by atoms with Gasteiger partial charge in [0.15, 0.2) is 0 Å². The summed E-state index contributed by atoms with van der Waals surface area (Å²) in [5, 5.41) is 13.3. The van der Waals surface area contributed by atoms with Crippen molar-refractivity contribution >= 4 is 0 Å². The van der Waals surface area contributed by atoms with Crippen molar-refractivity contribution in [3.8, 4) is 0 Å². The number of aliphatic hydroxyl groups is 1. The second-order valence-corrected chi connectivity index (χ2v) is 5.40. The van der Waals surface area contributed by atoms with Gasteiger partial charge in [-0.05, 0) is 38.8 Å². The minimum absolute atomic E-state index is 0.181. The molecule has 0 radical (unpaired) electrons. The third kappa shape index (κ3) is 4.81. The van der Waals surface area contributed by atoms with Crippen LogP contribution in [0.15, 0.2) is 0 Å². The molecule has 0 bridgehead atoms. The molecular weight excluding hydrogens is 200 g/mol. The van der Waals surface area contributed by atoms with E-state index in [9.17, 15) is 5.11 Å². The number of likely N-dealkylation sites (tertiary alicyclic amines) is 1. The number of β-amino-alcohol motifs (C(OH)–C–C–N with tert-alkyl or cyclic N) is 1. The first-order valence-electron chi connectivity index (χ1n) is 6.98. The van der Waals surface area contributed by atoms with Crippen LogP contribution in [0.1, 0.15) is 44.9 Å². The Labute approximate surface area is 99.2 Å². The highest BCUT2D eigenvalue weighted by molar-refractivity contribution is 4.82. The zero-order valence-corrected chi connectivity index (χ0v) is 10.3. The Hall–Kier alpha value is -0.120. The van der Waals surface area contributed by atoms with Gasteiger partial charge in [-0.2, -0.15) is 0 Å². The van der Waals surface area contributed by atoms with Crippen LogP contribution < -0.4 is 5.32 Å².